The van der Waals surface area contributed by atoms with E-state index < -0.39 is 12.0 Å². The van der Waals surface area contributed by atoms with E-state index in [0.29, 0.717) is 25.3 Å². The number of carbonyl (C=O) groups is 2. The van der Waals surface area contributed by atoms with Gasteiger partial charge in [0.15, 0.2) is 0 Å². The third kappa shape index (κ3) is 5.86. The first-order valence-electron chi connectivity index (χ1n) is 8.67. The van der Waals surface area contributed by atoms with Gasteiger partial charge in [-0.05, 0) is 13.8 Å². The first kappa shape index (κ1) is 18.9. The number of carbonyl (C=O) groups excluding carboxylic acids is 2. The molecule has 1 aliphatic rings. The van der Waals surface area contributed by atoms with Gasteiger partial charge in [-0.2, -0.15) is 5.10 Å². The molecule has 1 unspecified atom stereocenters. The molecule has 1 amide bonds. The minimum Gasteiger partial charge on any atom is -0.465 e. The normalized spacial score (nSPS) is 21.6. The average molecular weight is 348 g/mol. The van der Waals surface area contributed by atoms with Gasteiger partial charge in [-0.1, -0.05) is 30.3 Å². The maximum Gasteiger partial charge on any atom is 0.427 e. The minimum atomic E-state index is -0.614. The molecule has 7 heteroatoms. The molecule has 1 heterocycles. The smallest absolute Gasteiger partial charge is 0.427 e. The van der Waals surface area contributed by atoms with E-state index in [0.717, 1.165) is 13.1 Å². The molecule has 1 aromatic carbocycles. The molecule has 2 atom stereocenters. The first-order chi connectivity index (χ1) is 12.1. The van der Waals surface area contributed by atoms with Crippen LogP contribution < -0.4 is 10.3 Å². The molecule has 0 saturated carbocycles. The second kappa shape index (κ2) is 9.78. The van der Waals surface area contributed by atoms with Crippen LogP contribution in [0, 0.1) is 5.92 Å². The van der Waals surface area contributed by atoms with Crippen molar-refractivity contribution >= 4 is 17.8 Å². The average Bonchev–Trinajstić information content (AvgIpc) is 2.62. The van der Waals surface area contributed by atoms with Gasteiger partial charge in [-0.3, -0.25) is 4.79 Å². The summed E-state index contributed by atoms with van der Waals surface area (Å²) in [6, 6.07) is 10.2. The number of esters is 1. The Bertz CT molecular complexity index is 604. The molecule has 0 aliphatic carbocycles. The third-order valence-electron chi connectivity index (χ3n) is 4.06. The van der Waals surface area contributed by atoms with E-state index in [1.807, 2.05) is 18.2 Å². The summed E-state index contributed by atoms with van der Waals surface area (Å²) in [7, 11) is 0. The number of hydrogen-bond donors (Lipinski definition) is 2. The lowest BCUT2D eigenvalue weighted by molar-refractivity contribution is -0.917. The van der Waals surface area contributed by atoms with Crippen LogP contribution in [0.5, 0.6) is 0 Å². The number of rotatable bonds is 6. The Morgan fingerprint density at radius 1 is 1.20 bits per heavy atom. The van der Waals surface area contributed by atoms with Crippen LogP contribution in [-0.2, 0) is 20.8 Å². The molecule has 1 saturated heterocycles. The summed E-state index contributed by atoms with van der Waals surface area (Å²) in [5, 5.41) is 4.11. The number of hydrazone groups is 1. The van der Waals surface area contributed by atoms with Crippen LogP contribution in [0.3, 0.4) is 0 Å². The first-order valence-corrected chi connectivity index (χ1v) is 8.67. The van der Waals surface area contributed by atoms with Gasteiger partial charge in [0.1, 0.15) is 12.5 Å². The highest BCUT2D eigenvalue weighted by Gasteiger charge is 2.35. The summed E-state index contributed by atoms with van der Waals surface area (Å²) < 4.78 is 9.99. The standard InChI is InChI=1S/C18H25N3O4/c1-3-24-17(22)15-13-21(12-14-8-6-5-7-9-14)11-10-16(15)19-20-18(23)25-4-2/h5-9,15H,3-4,10-13H2,1-2H3,(H,20,23)/p+1/b19-16-/t15-/m0/s1. The van der Waals surface area contributed by atoms with Crippen molar-refractivity contribution in [3.8, 4) is 0 Å². The van der Waals surface area contributed by atoms with Gasteiger partial charge in [0.05, 0.1) is 32.0 Å². The van der Waals surface area contributed by atoms with Gasteiger partial charge < -0.3 is 14.4 Å². The zero-order valence-electron chi connectivity index (χ0n) is 14.8. The van der Waals surface area contributed by atoms with Crippen molar-refractivity contribution < 1.29 is 24.0 Å². The fourth-order valence-electron chi connectivity index (χ4n) is 2.91. The van der Waals surface area contributed by atoms with Crippen LogP contribution in [0.2, 0.25) is 0 Å². The van der Waals surface area contributed by atoms with Crippen LogP contribution in [0.15, 0.2) is 35.4 Å². The lowest BCUT2D eigenvalue weighted by atomic mass is 9.95. The van der Waals surface area contributed by atoms with Crippen molar-refractivity contribution in [3.05, 3.63) is 35.9 Å². The lowest BCUT2D eigenvalue weighted by Gasteiger charge is -2.29. The maximum absolute atomic E-state index is 12.3. The number of nitrogens with zero attached hydrogens (tertiary/aromatic N) is 1. The predicted octanol–water partition coefficient (Wildman–Crippen LogP) is 0.757. The summed E-state index contributed by atoms with van der Waals surface area (Å²) >= 11 is 0. The fourth-order valence-corrected chi connectivity index (χ4v) is 2.91. The van der Waals surface area contributed by atoms with Crippen LogP contribution in [-0.4, -0.2) is 44.1 Å². The molecule has 2 N–H and O–H groups in total. The van der Waals surface area contributed by atoms with Crippen molar-refractivity contribution in [1.29, 1.82) is 0 Å². The summed E-state index contributed by atoms with van der Waals surface area (Å²) in [5.41, 5.74) is 4.22. The molecule has 0 bridgehead atoms. The van der Waals surface area contributed by atoms with Crippen LogP contribution in [0.4, 0.5) is 4.79 Å². The van der Waals surface area contributed by atoms with Crippen LogP contribution in [0.25, 0.3) is 0 Å². The highest BCUT2D eigenvalue weighted by atomic mass is 16.6. The lowest BCUT2D eigenvalue weighted by Crippen LogP contribution is -3.13. The maximum atomic E-state index is 12.3. The second-order valence-electron chi connectivity index (χ2n) is 5.86. The molecular formula is C18H26N3O4+. The monoisotopic (exact) mass is 348 g/mol. The van der Waals surface area contributed by atoms with E-state index in [1.54, 1.807) is 13.8 Å². The number of nitrogens with one attached hydrogen (secondary N) is 2. The van der Waals surface area contributed by atoms with Crippen LogP contribution >= 0.6 is 0 Å². The molecule has 1 aliphatic heterocycles. The molecule has 0 aromatic heterocycles. The molecule has 7 nitrogen and oxygen atoms in total. The van der Waals surface area contributed by atoms with E-state index in [-0.39, 0.29) is 12.6 Å². The van der Waals surface area contributed by atoms with Gasteiger partial charge in [0.2, 0.25) is 0 Å². The number of quaternary nitrogens is 1. The number of likely N-dealkylation sites (tertiary alicyclic amines) is 1. The van der Waals surface area contributed by atoms with Gasteiger partial charge in [-0.25, -0.2) is 10.2 Å². The minimum absolute atomic E-state index is 0.271. The summed E-state index contributed by atoms with van der Waals surface area (Å²) in [6.45, 7) is 6.37. The second-order valence-corrected chi connectivity index (χ2v) is 5.86. The predicted molar refractivity (Wildman–Crippen MR) is 93.2 cm³/mol. The highest BCUT2D eigenvalue weighted by molar-refractivity contribution is 6.02. The Hall–Kier alpha value is -2.41. The van der Waals surface area contributed by atoms with Gasteiger partial charge >= 0.3 is 12.1 Å². The topological polar surface area (TPSA) is 81.4 Å². The zero-order chi connectivity index (χ0) is 18.1. The Balaban J connectivity index is 2.04. The summed E-state index contributed by atoms with van der Waals surface area (Å²) in [5.74, 6) is -0.744. The molecule has 2 rings (SSSR count). The SMILES string of the molecule is CCOC(=O)N/N=C1/CC[NH+](Cc2ccccc2)C[C@@H]1C(=O)OCC. The Morgan fingerprint density at radius 2 is 1.92 bits per heavy atom. The highest BCUT2D eigenvalue weighted by Crippen LogP contribution is 2.09. The van der Waals surface area contributed by atoms with Gasteiger partial charge in [0, 0.05) is 12.0 Å². The van der Waals surface area contributed by atoms with E-state index in [2.05, 4.69) is 22.7 Å². The van der Waals surface area contributed by atoms with E-state index in [4.69, 9.17) is 9.47 Å². The molecule has 136 valence electrons. The molecule has 0 radical (unpaired) electrons. The number of hydrogen-bond acceptors (Lipinski definition) is 5. The molecule has 0 spiro atoms. The van der Waals surface area contributed by atoms with Crippen molar-refractivity contribution in [2.45, 2.75) is 26.8 Å². The summed E-state index contributed by atoms with van der Waals surface area (Å²) in [6.07, 6.45) is 0.00887. The quantitative estimate of drug-likeness (QED) is 0.587. The molecule has 1 fully saturated rings. The molecular weight excluding hydrogens is 322 g/mol. The van der Waals surface area contributed by atoms with E-state index in [9.17, 15) is 9.59 Å². The Kier molecular flexibility index (Phi) is 7.40. The van der Waals surface area contributed by atoms with Crippen molar-refractivity contribution in [2.75, 3.05) is 26.3 Å². The van der Waals surface area contributed by atoms with Gasteiger partial charge in [0.25, 0.3) is 0 Å². The van der Waals surface area contributed by atoms with Crippen molar-refractivity contribution in [2.24, 2.45) is 11.0 Å². The molecule has 1 aromatic rings. The molecule has 25 heavy (non-hydrogen) atoms. The van der Waals surface area contributed by atoms with Gasteiger partial charge in [-0.15, -0.1) is 0 Å². The number of ether oxygens (including phenoxy) is 2. The Morgan fingerprint density at radius 3 is 2.60 bits per heavy atom. The summed E-state index contributed by atoms with van der Waals surface area (Å²) in [4.78, 5) is 25.0. The van der Waals surface area contributed by atoms with E-state index >= 15 is 0 Å². The Labute approximate surface area is 148 Å². The van der Waals surface area contributed by atoms with E-state index in [1.165, 1.54) is 10.5 Å². The van der Waals surface area contributed by atoms with Crippen LogP contribution in [0.1, 0.15) is 25.8 Å². The fraction of sp³-hybridized carbons (Fsp3) is 0.500. The number of amides is 1. The largest absolute Gasteiger partial charge is 0.465 e. The third-order valence-corrected chi connectivity index (χ3v) is 4.06. The number of benzene rings is 1. The zero-order valence-corrected chi connectivity index (χ0v) is 14.8. The van der Waals surface area contributed by atoms with Crippen molar-refractivity contribution in [3.63, 3.8) is 0 Å². The van der Waals surface area contributed by atoms with Crippen molar-refractivity contribution in [1.82, 2.24) is 5.43 Å². The number of piperidine rings is 1.